The van der Waals surface area contributed by atoms with Crippen LogP contribution in [0.5, 0.6) is 0 Å². The second kappa shape index (κ2) is 6.73. The zero-order valence-electron chi connectivity index (χ0n) is 10.9. The highest BCUT2D eigenvalue weighted by molar-refractivity contribution is 9.10. The number of nitrogens with one attached hydrogen (secondary N) is 1. The first-order chi connectivity index (χ1) is 9.54. The standard InChI is InChI=1S/C16H13BrClNO/c1-11-2-4-12(5-3-11)6-9-16(20)19-15-8-7-13(17)10-14(15)18/h2-10H,1H3,(H,19,20)/b9-6+. The van der Waals surface area contributed by atoms with Crippen LogP contribution in [0.2, 0.25) is 5.02 Å². The maximum Gasteiger partial charge on any atom is 0.248 e. The number of carbonyl (C=O) groups is 1. The number of carbonyl (C=O) groups excluding carboxylic acids is 1. The lowest BCUT2D eigenvalue weighted by atomic mass is 10.1. The minimum Gasteiger partial charge on any atom is -0.321 e. The number of rotatable bonds is 3. The molecule has 0 aromatic heterocycles. The first kappa shape index (κ1) is 14.8. The number of halogens is 2. The summed E-state index contributed by atoms with van der Waals surface area (Å²) < 4.78 is 0.871. The Morgan fingerprint density at radius 2 is 1.90 bits per heavy atom. The van der Waals surface area contributed by atoms with Gasteiger partial charge in [-0.05, 0) is 36.8 Å². The van der Waals surface area contributed by atoms with Gasteiger partial charge in [-0.25, -0.2) is 0 Å². The van der Waals surface area contributed by atoms with E-state index in [1.54, 1.807) is 18.2 Å². The lowest BCUT2D eigenvalue weighted by Gasteiger charge is -2.05. The van der Waals surface area contributed by atoms with Crippen molar-refractivity contribution in [1.29, 1.82) is 0 Å². The van der Waals surface area contributed by atoms with Crippen LogP contribution in [0.3, 0.4) is 0 Å². The molecular formula is C16H13BrClNO. The summed E-state index contributed by atoms with van der Waals surface area (Å²) in [6.07, 6.45) is 3.25. The monoisotopic (exact) mass is 349 g/mol. The van der Waals surface area contributed by atoms with E-state index in [4.69, 9.17) is 11.6 Å². The van der Waals surface area contributed by atoms with Crippen molar-refractivity contribution in [2.45, 2.75) is 6.92 Å². The molecule has 2 aromatic carbocycles. The molecule has 0 atom stereocenters. The Morgan fingerprint density at radius 3 is 2.55 bits per heavy atom. The van der Waals surface area contributed by atoms with E-state index in [0.717, 1.165) is 10.0 Å². The van der Waals surface area contributed by atoms with E-state index in [9.17, 15) is 4.79 Å². The van der Waals surface area contributed by atoms with Gasteiger partial charge in [0.05, 0.1) is 10.7 Å². The molecule has 0 bridgehead atoms. The fraction of sp³-hybridized carbons (Fsp3) is 0.0625. The van der Waals surface area contributed by atoms with Crippen LogP contribution < -0.4 is 5.32 Å². The minimum absolute atomic E-state index is 0.213. The van der Waals surface area contributed by atoms with Gasteiger partial charge in [-0.3, -0.25) is 4.79 Å². The molecule has 0 aliphatic heterocycles. The highest BCUT2D eigenvalue weighted by Crippen LogP contribution is 2.25. The number of anilines is 1. The van der Waals surface area contributed by atoms with Gasteiger partial charge in [0, 0.05) is 10.5 Å². The Hall–Kier alpha value is -1.58. The zero-order valence-corrected chi connectivity index (χ0v) is 13.2. The molecule has 0 spiro atoms. The molecule has 0 unspecified atom stereocenters. The summed E-state index contributed by atoms with van der Waals surface area (Å²) in [5, 5.41) is 3.24. The van der Waals surface area contributed by atoms with Crippen LogP contribution in [-0.4, -0.2) is 5.91 Å². The van der Waals surface area contributed by atoms with E-state index in [0.29, 0.717) is 10.7 Å². The topological polar surface area (TPSA) is 29.1 Å². The molecule has 4 heteroatoms. The predicted octanol–water partition coefficient (Wildman–Crippen LogP) is 5.06. The van der Waals surface area contributed by atoms with Crippen LogP contribution in [0.4, 0.5) is 5.69 Å². The molecule has 0 aliphatic rings. The summed E-state index contributed by atoms with van der Waals surface area (Å²) in [5.41, 5.74) is 2.76. The molecule has 2 nitrogen and oxygen atoms in total. The zero-order chi connectivity index (χ0) is 14.5. The molecule has 0 fully saturated rings. The van der Waals surface area contributed by atoms with E-state index in [-0.39, 0.29) is 5.91 Å². The highest BCUT2D eigenvalue weighted by Gasteiger charge is 2.03. The SMILES string of the molecule is Cc1ccc(/C=C/C(=O)Nc2ccc(Br)cc2Cl)cc1. The largest absolute Gasteiger partial charge is 0.321 e. The first-order valence-electron chi connectivity index (χ1n) is 6.05. The normalized spacial score (nSPS) is 10.8. The summed E-state index contributed by atoms with van der Waals surface area (Å²) in [6, 6.07) is 13.2. The summed E-state index contributed by atoms with van der Waals surface area (Å²) in [5.74, 6) is -0.213. The van der Waals surface area contributed by atoms with Gasteiger partial charge in [0.2, 0.25) is 5.91 Å². The highest BCUT2D eigenvalue weighted by atomic mass is 79.9. The quantitative estimate of drug-likeness (QED) is 0.770. The average molecular weight is 351 g/mol. The van der Waals surface area contributed by atoms with Gasteiger partial charge in [0.25, 0.3) is 0 Å². The third kappa shape index (κ3) is 4.22. The number of amides is 1. The van der Waals surface area contributed by atoms with Crippen LogP contribution in [0.15, 0.2) is 53.0 Å². The van der Waals surface area contributed by atoms with Gasteiger partial charge in [0.15, 0.2) is 0 Å². The first-order valence-corrected chi connectivity index (χ1v) is 7.22. The molecule has 2 rings (SSSR count). The van der Waals surface area contributed by atoms with Gasteiger partial charge in [0.1, 0.15) is 0 Å². The lowest BCUT2D eigenvalue weighted by Crippen LogP contribution is -2.08. The van der Waals surface area contributed by atoms with Gasteiger partial charge in [-0.15, -0.1) is 0 Å². The molecule has 2 aromatic rings. The summed E-state index contributed by atoms with van der Waals surface area (Å²) in [6.45, 7) is 2.02. The van der Waals surface area contributed by atoms with Crippen molar-refractivity contribution in [3.63, 3.8) is 0 Å². The number of aryl methyl sites for hydroxylation is 1. The second-order valence-corrected chi connectivity index (χ2v) is 5.68. The number of hydrogen-bond acceptors (Lipinski definition) is 1. The Labute approximate surface area is 131 Å². The molecule has 1 amide bonds. The molecule has 0 aliphatic carbocycles. The summed E-state index contributed by atoms with van der Waals surface area (Å²) in [7, 11) is 0. The third-order valence-electron chi connectivity index (χ3n) is 2.69. The fourth-order valence-corrected chi connectivity index (χ4v) is 2.34. The van der Waals surface area contributed by atoms with Crippen molar-refractivity contribution in [2.24, 2.45) is 0 Å². The second-order valence-electron chi connectivity index (χ2n) is 4.36. The van der Waals surface area contributed by atoms with Crippen molar-refractivity contribution in [3.8, 4) is 0 Å². The smallest absolute Gasteiger partial charge is 0.248 e. The van der Waals surface area contributed by atoms with Crippen LogP contribution in [0, 0.1) is 6.92 Å². The van der Waals surface area contributed by atoms with Crippen LogP contribution in [0.25, 0.3) is 6.08 Å². The lowest BCUT2D eigenvalue weighted by molar-refractivity contribution is -0.111. The Morgan fingerprint density at radius 1 is 1.20 bits per heavy atom. The van der Waals surface area contributed by atoms with Crippen molar-refractivity contribution in [2.75, 3.05) is 5.32 Å². The maximum absolute atomic E-state index is 11.8. The minimum atomic E-state index is -0.213. The Kier molecular flexibility index (Phi) is 4.99. The van der Waals surface area contributed by atoms with Crippen molar-refractivity contribution in [1.82, 2.24) is 0 Å². The van der Waals surface area contributed by atoms with Gasteiger partial charge < -0.3 is 5.32 Å². The molecule has 1 N–H and O–H groups in total. The van der Waals surface area contributed by atoms with Crippen molar-refractivity contribution >= 4 is 45.2 Å². The van der Waals surface area contributed by atoms with Gasteiger partial charge in [-0.2, -0.15) is 0 Å². The van der Waals surface area contributed by atoms with Gasteiger partial charge >= 0.3 is 0 Å². The van der Waals surface area contributed by atoms with Crippen molar-refractivity contribution < 1.29 is 4.79 Å². The number of hydrogen-bond donors (Lipinski definition) is 1. The Bertz CT molecular complexity index is 650. The molecule has 0 radical (unpaired) electrons. The Balaban J connectivity index is 2.03. The number of benzene rings is 2. The molecule has 0 heterocycles. The van der Waals surface area contributed by atoms with E-state index in [2.05, 4.69) is 21.2 Å². The molecule has 0 saturated heterocycles. The van der Waals surface area contributed by atoms with E-state index in [1.165, 1.54) is 11.6 Å². The molecule has 102 valence electrons. The third-order valence-corrected chi connectivity index (χ3v) is 3.50. The summed E-state index contributed by atoms with van der Waals surface area (Å²) in [4.78, 5) is 11.8. The van der Waals surface area contributed by atoms with E-state index < -0.39 is 0 Å². The average Bonchev–Trinajstić information content (AvgIpc) is 2.41. The van der Waals surface area contributed by atoms with E-state index in [1.807, 2.05) is 37.3 Å². The molecular weight excluding hydrogens is 338 g/mol. The van der Waals surface area contributed by atoms with Crippen molar-refractivity contribution in [3.05, 3.63) is 69.2 Å². The van der Waals surface area contributed by atoms with Gasteiger partial charge in [-0.1, -0.05) is 57.4 Å². The van der Waals surface area contributed by atoms with Crippen LogP contribution in [-0.2, 0) is 4.79 Å². The fourth-order valence-electron chi connectivity index (χ4n) is 1.61. The maximum atomic E-state index is 11.8. The predicted molar refractivity (Wildman–Crippen MR) is 88.0 cm³/mol. The molecule has 20 heavy (non-hydrogen) atoms. The van der Waals surface area contributed by atoms with E-state index >= 15 is 0 Å². The van der Waals surface area contributed by atoms with Crippen LogP contribution in [0.1, 0.15) is 11.1 Å². The molecule has 0 saturated carbocycles. The van der Waals surface area contributed by atoms with Crippen LogP contribution >= 0.6 is 27.5 Å². The summed E-state index contributed by atoms with van der Waals surface area (Å²) >= 11 is 9.36.